The van der Waals surface area contributed by atoms with Gasteiger partial charge in [-0.2, -0.15) is 0 Å². The Hall–Kier alpha value is -5.14. The standard InChI is InChI=1S/C48H45N/c1-30-11-9-12-31(2)46(30)49(40-14-10-13-39(29-40)48(6,7)8)41-22-19-35-26-43-44-27-36-23-33(32-17-20-38(21-18-32)47(3,4)5)15-16-34(36)25-42(44)45(43)28-37(35)24-41/h9-29H,1-8H3. The molecule has 0 saturated heterocycles. The van der Waals surface area contributed by atoms with E-state index < -0.39 is 0 Å². The van der Waals surface area contributed by atoms with Crippen molar-refractivity contribution in [2.24, 2.45) is 0 Å². The minimum Gasteiger partial charge on any atom is -0.310 e. The largest absolute Gasteiger partial charge is 0.310 e. The molecule has 0 aliphatic heterocycles. The van der Waals surface area contributed by atoms with Gasteiger partial charge in [0.05, 0.1) is 5.69 Å². The predicted molar refractivity (Wildman–Crippen MR) is 213 cm³/mol. The van der Waals surface area contributed by atoms with E-state index in [0.717, 1.165) is 0 Å². The Bertz CT molecular complexity index is 2390. The van der Waals surface area contributed by atoms with E-state index in [1.54, 1.807) is 0 Å². The van der Waals surface area contributed by atoms with Crippen LogP contribution in [0.15, 0.2) is 127 Å². The maximum absolute atomic E-state index is 2.45. The van der Waals surface area contributed by atoms with Gasteiger partial charge in [0, 0.05) is 11.4 Å². The Morgan fingerprint density at radius 2 is 0.878 bits per heavy atom. The topological polar surface area (TPSA) is 3.24 Å². The van der Waals surface area contributed by atoms with Crippen molar-refractivity contribution in [3.8, 4) is 33.4 Å². The van der Waals surface area contributed by atoms with Crippen LogP contribution in [0.4, 0.5) is 17.1 Å². The predicted octanol–water partition coefficient (Wildman–Crippen LogP) is 14.0. The molecule has 0 bridgehead atoms. The van der Waals surface area contributed by atoms with Crippen molar-refractivity contribution in [1.29, 1.82) is 0 Å². The second kappa shape index (κ2) is 11.2. The van der Waals surface area contributed by atoms with E-state index in [4.69, 9.17) is 0 Å². The molecule has 0 heterocycles. The third-order valence-corrected chi connectivity index (χ3v) is 10.5. The minimum atomic E-state index is 0.0605. The number of anilines is 3. The molecule has 1 nitrogen and oxygen atoms in total. The van der Waals surface area contributed by atoms with Gasteiger partial charge < -0.3 is 4.90 Å². The molecule has 0 atom stereocenters. The van der Waals surface area contributed by atoms with Crippen LogP contribution in [0.1, 0.15) is 63.8 Å². The summed E-state index contributed by atoms with van der Waals surface area (Å²) >= 11 is 0. The van der Waals surface area contributed by atoms with E-state index in [0.29, 0.717) is 0 Å². The minimum absolute atomic E-state index is 0.0605. The van der Waals surface area contributed by atoms with Gasteiger partial charge in [0.25, 0.3) is 0 Å². The van der Waals surface area contributed by atoms with Crippen LogP contribution in [0.3, 0.4) is 0 Å². The van der Waals surface area contributed by atoms with Crippen LogP contribution < -0.4 is 4.90 Å². The van der Waals surface area contributed by atoms with Crippen LogP contribution in [0.5, 0.6) is 0 Å². The molecular formula is C48H45N. The lowest BCUT2D eigenvalue weighted by molar-refractivity contribution is 0.590. The first kappa shape index (κ1) is 31.1. The summed E-state index contributed by atoms with van der Waals surface area (Å²) in [6, 6.07) is 48.2. The van der Waals surface area contributed by atoms with E-state index in [9.17, 15) is 0 Å². The molecule has 0 spiro atoms. The van der Waals surface area contributed by atoms with Gasteiger partial charge in [0.15, 0.2) is 0 Å². The van der Waals surface area contributed by atoms with Gasteiger partial charge >= 0.3 is 0 Å². The lowest BCUT2D eigenvalue weighted by atomic mass is 9.77. The number of hydrogen-bond donors (Lipinski definition) is 0. The second-order valence-corrected chi connectivity index (χ2v) is 16.1. The zero-order valence-corrected chi connectivity index (χ0v) is 30.1. The van der Waals surface area contributed by atoms with Crippen molar-refractivity contribution in [1.82, 2.24) is 0 Å². The SMILES string of the molecule is Cc1cccc(C)c1N(c1cccc(C(C)(C)C)c1)c1ccc2cc3c(cc2c1)-c1cc2ccc(-c4ccc(C(C)(C)C)cc4)cc2cc1-3. The molecule has 0 aromatic heterocycles. The molecule has 49 heavy (non-hydrogen) atoms. The lowest BCUT2D eigenvalue weighted by Gasteiger charge is -2.31. The fourth-order valence-corrected chi connectivity index (χ4v) is 7.57. The van der Waals surface area contributed by atoms with E-state index in [1.165, 1.54) is 94.2 Å². The van der Waals surface area contributed by atoms with Crippen LogP contribution in [0.2, 0.25) is 0 Å². The summed E-state index contributed by atoms with van der Waals surface area (Å²) in [5, 5.41) is 5.11. The van der Waals surface area contributed by atoms with Crippen LogP contribution in [0, 0.1) is 13.8 Å². The molecule has 8 rings (SSSR count). The highest BCUT2D eigenvalue weighted by Gasteiger charge is 2.25. The number of nitrogens with zero attached hydrogens (tertiary/aromatic N) is 1. The van der Waals surface area contributed by atoms with Gasteiger partial charge in [0.2, 0.25) is 0 Å². The summed E-state index contributed by atoms with van der Waals surface area (Å²) in [6.07, 6.45) is 0. The summed E-state index contributed by atoms with van der Waals surface area (Å²) in [7, 11) is 0. The van der Waals surface area contributed by atoms with Crippen molar-refractivity contribution >= 4 is 38.6 Å². The van der Waals surface area contributed by atoms with Crippen LogP contribution in [-0.2, 0) is 10.8 Å². The summed E-state index contributed by atoms with van der Waals surface area (Å²) in [5.74, 6) is 0. The summed E-state index contributed by atoms with van der Waals surface area (Å²) in [6.45, 7) is 18.1. The fourth-order valence-electron chi connectivity index (χ4n) is 7.57. The molecule has 1 aliphatic rings. The Labute approximate surface area is 291 Å². The van der Waals surface area contributed by atoms with Gasteiger partial charge in [-0.3, -0.25) is 0 Å². The van der Waals surface area contributed by atoms with Gasteiger partial charge in [-0.25, -0.2) is 0 Å². The Morgan fingerprint density at radius 3 is 1.47 bits per heavy atom. The summed E-state index contributed by atoms with van der Waals surface area (Å²) in [5.41, 5.74) is 17.0. The lowest BCUT2D eigenvalue weighted by Crippen LogP contribution is -2.16. The average Bonchev–Trinajstić information content (AvgIpc) is 3.07. The average molecular weight is 636 g/mol. The quantitative estimate of drug-likeness (QED) is 0.186. The van der Waals surface area contributed by atoms with E-state index in [2.05, 4.69) is 188 Å². The maximum atomic E-state index is 2.45. The molecule has 0 fully saturated rings. The van der Waals surface area contributed by atoms with Crippen molar-refractivity contribution in [3.05, 3.63) is 150 Å². The Morgan fingerprint density at radius 1 is 0.388 bits per heavy atom. The summed E-state index contributed by atoms with van der Waals surface area (Å²) in [4.78, 5) is 2.45. The van der Waals surface area contributed by atoms with Crippen LogP contribution >= 0.6 is 0 Å². The third kappa shape index (κ3) is 5.42. The highest BCUT2D eigenvalue weighted by molar-refractivity contribution is 6.12. The van der Waals surface area contributed by atoms with Crippen molar-refractivity contribution in [2.45, 2.75) is 66.2 Å². The van der Waals surface area contributed by atoms with Crippen molar-refractivity contribution < 1.29 is 0 Å². The van der Waals surface area contributed by atoms with E-state index in [1.807, 2.05) is 0 Å². The third-order valence-electron chi connectivity index (χ3n) is 10.5. The van der Waals surface area contributed by atoms with Crippen molar-refractivity contribution in [2.75, 3.05) is 4.90 Å². The maximum Gasteiger partial charge on any atom is 0.0519 e. The number of rotatable bonds is 4. The fraction of sp³-hybridized carbons (Fsp3) is 0.208. The van der Waals surface area contributed by atoms with Gasteiger partial charge in [-0.15, -0.1) is 0 Å². The first-order valence-corrected chi connectivity index (χ1v) is 17.6. The highest BCUT2D eigenvalue weighted by atomic mass is 15.1. The second-order valence-electron chi connectivity index (χ2n) is 16.1. The molecule has 0 amide bonds. The van der Waals surface area contributed by atoms with Gasteiger partial charge in [-0.1, -0.05) is 114 Å². The monoisotopic (exact) mass is 635 g/mol. The molecule has 0 unspecified atom stereocenters. The molecule has 1 aliphatic carbocycles. The number of fused-ring (bicyclic) bond motifs is 6. The Kier molecular flexibility index (Phi) is 7.12. The van der Waals surface area contributed by atoms with Crippen LogP contribution in [0.25, 0.3) is 54.9 Å². The molecule has 242 valence electrons. The number of aryl methyl sites for hydroxylation is 2. The number of benzene rings is 7. The zero-order chi connectivity index (χ0) is 34.2. The van der Waals surface area contributed by atoms with E-state index >= 15 is 0 Å². The first-order chi connectivity index (χ1) is 23.3. The molecular weight excluding hydrogens is 591 g/mol. The van der Waals surface area contributed by atoms with Crippen molar-refractivity contribution in [3.63, 3.8) is 0 Å². The number of para-hydroxylation sites is 1. The Balaban J connectivity index is 1.19. The van der Waals surface area contributed by atoms with E-state index in [-0.39, 0.29) is 10.8 Å². The highest BCUT2D eigenvalue weighted by Crippen LogP contribution is 2.51. The molecule has 1 heteroatoms. The zero-order valence-electron chi connectivity index (χ0n) is 30.1. The first-order valence-electron chi connectivity index (χ1n) is 17.6. The summed E-state index contributed by atoms with van der Waals surface area (Å²) < 4.78 is 0. The molecule has 0 saturated carbocycles. The number of hydrogen-bond acceptors (Lipinski definition) is 1. The smallest absolute Gasteiger partial charge is 0.0519 e. The molecule has 0 radical (unpaired) electrons. The molecule has 7 aromatic rings. The van der Waals surface area contributed by atoms with Crippen LogP contribution in [-0.4, -0.2) is 0 Å². The normalized spacial score (nSPS) is 12.5. The van der Waals surface area contributed by atoms with Gasteiger partial charge in [0.1, 0.15) is 0 Å². The molecule has 7 aromatic carbocycles. The van der Waals surface area contributed by atoms with Gasteiger partial charge in [-0.05, 0) is 156 Å². The molecule has 0 N–H and O–H groups in total.